The van der Waals surface area contributed by atoms with Crippen molar-refractivity contribution in [2.75, 3.05) is 11.5 Å². The van der Waals surface area contributed by atoms with E-state index in [0.29, 0.717) is 5.69 Å². The molecule has 4 saturated carbocycles. The lowest BCUT2D eigenvalue weighted by Gasteiger charge is -2.54. The van der Waals surface area contributed by atoms with Crippen molar-refractivity contribution in [1.29, 1.82) is 0 Å². The molecule has 6 heteroatoms. The molecule has 0 aromatic carbocycles. The highest BCUT2D eigenvalue weighted by atomic mass is 16.5. The van der Waals surface area contributed by atoms with Gasteiger partial charge in [0.25, 0.3) is 5.88 Å². The summed E-state index contributed by atoms with van der Waals surface area (Å²) in [6, 6.07) is 0. The van der Waals surface area contributed by atoms with Crippen LogP contribution in [0.5, 0.6) is 0 Å². The van der Waals surface area contributed by atoms with Crippen molar-refractivity contribution in [2.24, 2.45) is 28.0 Å². The second-order valence-corrected chi connectivity index (χ2v) is 6.62. The van der Waals surface area contributed by atoms with Crippen molar-refractivity contribution >= 4 is 17.4 Å². The zero-order chi connectivity index (χ0) is 13.0. The maximum Gasteiger partial charge on any atom is 0.252 e. The van der Waals surface area contributed by atoms with E-state index in [4.69, 9.17) is 16.0 Å². The topological polar surface area (TPSA) is 103 Å². The van der Waals surface area contributed by atoms with Crippen molar-refractivity contribution in [2.45, 2.75) is 44.1 Å². The number of anilines is 2. The first-order chi connectivity index (χ1) is 9.13. The van der Waals surface area contributed by atoms with E-state index in [1.807, 2.05) is 0 Å². The molecular formula is C13H19N5O. The van der Waals surface area contributed by atoms with Crippen LogP contribution in [0, 0.1) is 17.8 Å². The summed E-state index contributed by atoms with van der Waals surface area (Å²) in [5.74, 6) is 2.93. The number of hydrogen-bond donors (Lipinski definition) is 2. The van der Waals surface area contributed by atoms with E-state index in [1.165, 1.54) is 38.5 Å². The third-order valence-corrected chi connectivity index (χ3v) is 5.09. The van der Waals surface area contributed by atoms with Gasteiger partial charge in [0.1, 0.15) is 0 Å². The van der Waals surface area contributed by atoms with Crippen LogP contribution in [0.2, 0.25) is 0 Å². The summed E-state index contributed by atoms with van der Waals surface area (Å²) in [7, 11) is 0. The molecule has 4 bridgehead atoms. The van der Waals surface area contributed by atoms with Gasteiger partial charge in [-0.05, 0) is 56.3 Å². The van der Waals surface area contributed by atoms with Crippen LogP contribution in [0.1, 0.15) is 38.5 Å². The molecule has 1 heterocycles. The molecular weight excluding hydrogens is 242 g/mol. The molecule has 0 amide bonds. The van der Waals surface area contributed by atoms with E-state index in [-0.39, 0.29) is 17.2 Å². The molecule has 4 aliphatic rings. The van der Waals surface area contributed by atoms with Gasteiger partial charge in [0.15, 0.2) is 11.5 Å². The van der Waals surface area contributed by atoms with Crippen molar-refractivity contribution < 1.29 is 4.52 Å². The first kappa shape index (κ1) is 11.3. The molecule has 1 aromatic heterocycles. The van der Waals surface area contributed by atoms with Crippen LogP contribution >= 0.6 is 0 Å². The smallest absolute Gasteiger partial charge is 0.252 e. The molecule has 1 aromatic rings. The first-order valence-corrected chi connectivity index (χ1v) is 7.07. The number of rotatable bonds is 2. The minimum atomic E-state index is 0.0326. The van der Waals surface area contributed by atoms with Crippen LogP contribution in [0.3, 0.4) is 0 Å². The molecule has 0 radical (unpaired) electrons. The van der Waals surface area contributed by atoms with Gasteiger partial charge in [0, 0.05) is 0 Å². The Bertz CT molecular complexity index is 480. The maximum atomic E-state index is 5.68. The molecule has 0 spiro atoms. The Labute approximate surface area is 111 Å². The third kappa shape index (κ3) is 1.73. The van der Waals surface area contributed by atoms with Gasteiger partial charge < -0.3 is 16.0 Å². The van der Waals surface area contributed by atoms with E-state index >= 15 is 0 Å². The monoisotopic (exact) mass is 261 g/mol. The lowest BCUT2D eigenvalue weighted by Crippen LogP contribution is -2.49. The molecule has 0 aliphatic heterocycles. The number of nitrogens with zero attached hydrogens (tertiary/aromatic N) is 3. The maximum absolute atomic E-state index is 5.68. The Kier molecular flexibility index (Phi) is 2.20. The highest BCUT2D eigenvalue weighted by Gasteiger charge is 2.51. The third-order valence-electron chi connectivity index (χ3n) is 5.09. The van der Waals surface area contributed by atoms with Gasteiger partial charge in [0.2, 0.25) is 0 Å². The Balaban J connectivity index is 1.63. The van der Waals surface area contributed by atoms with Gasteiger partial charge in [-0.15, -0.1) is 5.11 Å². The Morgan fingerprint density at radius 3 is 2.11 bits per heavy atom. The Hall–Kier alpha value is -1.59. The fourth-order valence-corrected chi connectivity index (χ4v) is 4.76. The quantitative estimate of drug-likeness (QED) is 0.799. The molecule has 0 saturated heterocycles. The summed E-state index contributed by atoms with van der Waals surface area (Å²) in [5, 5.41) is 12.5. The summed E-state index contributed by atoms with van der Waals surface area (Å²) in [6.07, 6.45) is 7.71. The average Bonchev–Trinajstić information content (AvgIpc) is 2.65. The van der Waals surface area contributed by atoms with E-state index in [9.17, 15) is 0 Å². The number of aromatic nitrogens is 1. The standard InChI is InChI=1S/C13H19N5O/c14-11-10(12(15)19-17-11)16-18-13-4-7-1-8(5-13)3-9(2-7)6-13/h7-9H,1-6,15H2,(H2,14,17). The van der Waals surface area contributed by atoms with Crippen molar-refractivity contribution in [3.63, 3.8) is 0 Å². The fraction of sp³-hybridized carbons (Fsp3) is 0.769. The average molecular weight is 261 g/mol. The van der Waals surface area contributed by atoms with Gasteiger partial charge in [-0.3, -0.25) is 0 Å². The molecule has 4 aliphatic carbocycles. The summed E-state index contributed by atoms with van der Waals surface area (Å²) in [6.45, 7) is 0. The second kappa shape index (κ2) is 3.71. The van der Waals surface area contributed by atoms with Gasteiger partial charge in [-0.25, -0.2) is 0 Å². The highest BCUT2D eigenvalue weighted by molar-refractivity contribution is 5.68. The van der Waals surface area contributed by atoms with Crippen LogP contribution in [0.25, 0.3) is 0 Å². The van der Waals surface area contributed by atoms with E-state index < -0.39 is 0 Å². The first-order valence-electron chi connectivity index (χ1n) is 7.07. The van der Waals surface area contributed by atoms with Gasteiger partial charge in [0.05, 0.1) is 5.54 Å². The molecule has 4 N–H and O–H groups in total. The molecule has 102 valence electrons. The van der Waals surface area contributed by atoms with E-state index in [2.05, 4.69) is 15.4 Å². The number of nitrogens with two attached hydrogens (primary N) is 2. The number of hydrogen-bond acceptors (Lipinski definition) is 6. The normalized spacial score (nSPS) is 40.3. The second-order valence-electron chi connectivity index (χ2n) is 6.62. The minimum absolute atomic E-state index is 0.0326. The van der Waals surface area contributed by atoms with Gasteiger partial charge >= 0.3 is 0 Å². The molecule has 6 nitrogen and oxygen atoms in total. The number of nitrogen functional groups attached to an aromatic ring is 2. The van der Waals surface area contributed by atoms with Crippen LogP contribution in [0.4, 0.5) is 17.4 Å². The summed E-state index contributed by atoms with van der Waals surface area (Å²) in [4.78, 5) is 0. The molecule has 4 fully saturated rings. The summed E-state index contributed by atoms with van der Waals surface area (Å²) >= 11 is 0. The Morgan fingerprint density at radius 2 is 1.63 bits per heavy atom. The van der Waals surface area contributed by atoms with Crippen LogP contribution < -0.4 is 11.5 Å². The zero-order valence-electron chi connectivity index (χ0n) is 10.9. The van der Waals surface area contributed by atoms with E-state index in [0.717, 1.165) is 17.8 Å². The summed E-state index contributed by atoms with van der Waals surface area (Å²) in [5.41, 5.74) is 11.8. The molecule has 5 rings (SSSR count). The fourth-order valence-electron chi connectivity index (χ4n) is 4.76. The predicted octanol–water partition coefficient (Wildman–Crippen LogP) is 2.89. The minimum Gasteiger partial charge on any atom is -0.379 e. The van der Waals surface area contributed by atoms with Gasteiger partial charge in [-0.1, -0.05) is 5.16 Å². The highest BCUT2D eigenvalue weighted by Crippen LogP contribution is 2.57. The molecule has 19 heavy (non-hydrogen) atoms. The van der Waals surface area contributed by atoms with Crippen LogP contribution in [0.15, 0.2) is 14.8 Å². The largest absolute Gasteiger partial charge is 0.379 e. The van der Waals surface area contributed by atoms with E-state index in [1.54, 1.807) is 0 Å². The van der Waals surface area contributed by atoms with Crippen molar-refractivity contribution in [3.05, 3.63) is 0 Å². The van der Waals surface area contributed by atoms with Crippen molar-refractivity contribution in [1.82, 2.24) is 5.16 Å². The molecule has 0 unspecified atom stereocenters. The van der Waals surface area contributed by atoms with Crippen molar-refractivity contribution in [3.8, 4) is 0 Å². The van der Waals surface area contributed by atoms with Crippen LogP contribution in [-0.2, 0) is 0 Å². The lowest BCUT2D eigenvalue weighted by molar-refractivity contribution is -0.00154. The lowest BCUT2D eigenvalue weighted by atomic mass is 9.53. The van der Waals surface area contributed by atoms with Crippen LogP contribution in [-0.4, -0.2) is 10.7 Å². The number of azo groups is 1. The van der Waals surface area contributed by atoms with Gasteiger partial charge in [-0.2, -0.15) is 5.11 Å². The predicted molar refractivity (Wildman–Crippen MR) is 70.7 cm³/mol. The molecule has 0 atom stereocenters. The zero-order valence-corrected chi connectivity index (χ0v) is 10.9. The Morgan fingerprint density at radius 1 is 1.05 bits per heavy atom. The SMILES string of the molecule is Nc1noc(N)c1N=NC12CC3CC(CC(C3)C1)C2. The summed E-state index contributed by atoms with van der Waals surface area (Å²) < 4.78 is 4.82.